The Balaban J connectivity index is 2.10. The van der Waals surface area contributed by atoms with Gasteiger partial charge in [0.2, 0.25) is 10.0 Å². The Bertz CT molecular complexity index is 899. The normalized spacial score (nSPS) is 12.6. The summed E-state index contributed by atoms with van der Waals surface area (Å²) in [5, 5.41) is 12.3. The molecule has 0 saturated heterocycles. The number of carboxylic acids is 1. The second kappa shape index (κ2) is 7.34. The standard InChI is InChI=1S/C16H17NO6S2/c1-9-4-6-12(7-5-9)25(21,22)17-11(3)16(20)23-13-8-24-14(10(13)2)15(18)19/h4-8,11,17H,1-3H3,(H,18,19)/p-1/t11-/m0/s1. The number of rotatable bonds is 6. The Morgan fingerprint density at radius 3 is 2.32 bits per heavy atom. The first-order chi connectivity index (χ1) is 11.6. The molecule has 9 heteroatoms. The molecule has 0 radical (unpaired) electrons. The van der Waals surface area contributed by atoms with Gasteiger partial charge in [0, 0.05) is 10.9 Å². The summed E-state index contributed by atoms with van der Waals surface area (Å²) in [4.78, 5) is 23.0. The van der Waals surface area contributed by atoms with Crippen LogP contribution in [0.3, 0.4) is 0 Å². The van der Waals surface area contributed by atoms with Crippen molar-refractivity contribution >= 4 is 33.3 Å². The minimum atomic E-state index is -3.88. The van der Waals surface area contributed by atoms with E-state index in [1.165, 1.54) is 31.4 Å². The Labute approximate surface area is 149 Å². The topological polar surface area (TPSA) is 113 Å². The quantitative estimate of drug-likeness (QED) is 0.746. The molecule has 0 spiro atoms. The van der Waals surface area contributed by atoms with Gasteiger partial charge in [0.05, 0.1) is 15.7 Å². The summed E-state index contributed by atoms with van der Waals surface area (Å²) in [6.07, 6.45) is 0. The first-order valence-corrected chi connectivity index (χ1v) is 9.58. The number of aromatic carboxylic acids is 1. The van der Waals surface area contributed by atoms with Gasteiger partial charge in [0.1, 0.15) is 11.8 Å². The van der Waals surface area contributed by atoms with Gasteiger partial charge >= 0.3 is 5.97 Å². The number of sulfonamides is 1. The Morgan fingerprint density at radius 1 is 1.20 bits per heavy atom. The van der Waals surface area contributed by atoms with Gasteiger partial charge in [0.25, 0.3) is 0 Å². The average Bonchev–Trinajstić information content (AvgIpc) is 2.88. The van der Waals surface area contributed by atoms with Gasteiger partial charge in [-0.1, -0.05) is 17.7 Å². The van der Waals surface area contributed by atoms with Crippen LogP contribution < -0.4 is 14.6 Å². The van der Waals surface area contributed by atoms with Crippen LogP contribution in [0.4, 0.5) is 0 Å². The summed E-state index contributed by atoms with van der Waals surface area (Å²) in [6.45, 7) is 4.65. The Hall–Kier alpha value is -2.23. The summed E-state index contributed by atoms with van der Waals surface area (Å²) in [5.74, 6) is -2.14. The molecule has 0 saturated carbocycles. The lowest BCUT2D eigenvalue weighted by Gasteiger charge is -2.14. The van der Waals surface area contributed by atoms with E-state index in [-0.39, 0.29) is 21.1 Å². The number of ether oxygens (including phenoxy) is 1. The van der Waals surface area contributed by atoms with Crippen molar-refractivity contribution in [2.75, 3.05) is 0 Å². The molecule has 0 fully saturated rings. The smallest absolute Gasteiger partial charge is 0.329 e. The average molecular weight is 382 g/mol. The molecular formula is C16H16NO6S2-. The number of hydrogen-bond donors (Lipinski definition) is 1. The summed E-state index contributed by atoms with van der Waals surface area (Å²) in [6, 6.07) is 5.01. The van der Waals surface area contributed by atoms with Gasteiger partial charge in [-0.3, -0.25) is 0 Å². The zero-order valence-corrected chi connectivity index (χ0v) is 15.4. The number of nitrogens with one attached hydrogen (secondary N) is 1. The molecule has 25 heavy (non-hydrogen) atoms. The number of benzene rings is 1. The van der Waals surface area contributed by atoms with Crippen LogP contribution >= 0.6 is 11.3 Å². The molecule has 0 aliphatic rings. The van der Waals surface area contributed by atoms with Gasteiger partial charge < -0.3 is 14.6 Å². The van der Waals surface area contributed by atoms with Crippen LogP contribution in [-0.4, -0.2) is 26.4 Å². The molecule has 1 N–H and O–H groups in total. The second-order valence-electron chi connectivity index (χ2n) is 5.42. The van der Waals surface area contributed by atoms with Crippen molar-refractivity contribution in [3.8, 4) is 5.75 Å². The summed E-state index contributed by atoms with van der Waals surface area (Å²) < 4.78 is 31.9. The highest BCUT2D eigenvalue weighted by Gasteiger charge is 2.24. The van der Waals surface area contributed by atoms with E-state index in [1.54, 1.807) is 12.1 Å². The molecule has 0 aliphatic carbocycles. The van der Waals surface area contributed by atoms with Crippen LogP contribution in [0.25, 0.3) is 0 Å². The summed E-state index contributed by atoms with van der Waals surface area (Å²) >= 11 is 0.871. The molecule has 7 nitrogen and oxygen atoms in total. The Morgan fingerprint density at radius 2 is 1.80 bits per heavy atom. The van der Waals surface area contributed by atoms with Gasteiger partial charge in [-0.25, -0.2) is 13.2 Å². The predicted molar refractivity (Wildman–Crippen MR) is 90.0 cm³/mol. The molecule has 1 heterocycles. The maximum Gasteiger partial charge on any atom is 0.329 e. The van der Waals surface area contributed by atoms with Crippen molar-refractivity contribution in [1.82, 2.24) is 4.72 Å². The zero-order chi connectivity index (χ0) is 18.8. The highest BCUT2D eigenvalue weighted by Crippen LogP contribution is 2.28. The molecule has 0 unspecified atom stereocenters. The number of carboxylic acid groups (broad SMARTS) is 1. The van der Waals surface area contributed by atoms with Gasteiger partial charge in [-0.05, 0) is 32.9 Å². The van der Waals surface area contributed by atoms with Crippen molar-refractivity contribution in [3.05, 3.63) is 45.6 Å². The molecule has 2 rings (SSSR count). The lowest BCUT2D eigenvalue weighted by atomic mass is 10.2. The fourth-order valence-corrected chi connectivity index (χ4v) is 3.98. The third-order valence-electron chi connectivity index (χ3n) is 3.41. The minimum absolute atomic E-state index is 0.0312. The Kier molecular flexibility index (Phi) is 5.61. The minimum Gasteiger partial charge on any atom is -0.544 e. The van der Waals surface area contributed by atoms with Gasteiger partial charge in [0.15, 0.2) is 0 Å². The van der Waals surface area contributed by atoms with E-state index in [0.29, 0.717) is 0 Å². The van der Waals surface area contributed by atoms with E-state index in [0.717, 1.165) is 16.9 Å². The largest absolute Gasteiger partial charge is 0.544 e. The van der Waals surface area contributed by atoms with Crippen LogP contribution in [0.15, 0.2) is 34.5 Å². The number of hydrogen-bond acceptors (Lipinski definition) is 7. The third-order valence-corrected chi connectivity index (χ3v) is 6.00. The molecule has 0 amide bonds. The highest BCUT2D eigenvalue weighted by molar-refractivity contribution is 7.89. The third kappa shape index (κ3) is 4.44. The van der Waals surface area contributed by atoms with E-state index in [2.05, 4.69) is 4.72 Å². The molecule has 1 aromatic heterocycles. The molecule has 0 aliphatic heterocycles. The first kappa shape index (κ1) is 19.1. The van der Waals surface area contributed by atoms with Crippen molar-refractivity contribution < 1.29 is 27.9 Å². The fourth-order valence-electron chi connectivity index (χ4n) is 1.97. The predicted octanol–water partition coefficient (Wildman–Crippen LogP) is 1.00. The molecule has 1 aromatic carbocycles. The number of esters is 1. The number of thiophene rings is 1. The van der Waals surface area contributed by atoms with Crippen molar-refractivity contribution in [1.29, 1.82) is 0 Å². The van der Waals surface area contributed by atoms with Gasteiger partial charge in [-0.15, -0.1) is 11.3 Å². The van der Waals surface area contributed by atoms with Crippen LogP contribution in [0.2, 0.25) is 0 Å². The second-order valence-corrected chi connectivity index (χ2v) is 8.01. The van der Waals surface area contributed by atoms with Crippen molar-refractivity contribution in [2.24, 2.45) is 0 Å². The van der Waals surface area contributed by atoms with E-state index in [1.807, 2.05) is 6.92 Å². The van der Waals surface area contributed by atoms with E-state index < -0.39 is 28.0 Å². The SMILES string of the molecule is Cc1ccc(S(=O)(=O)N[C@@H](C)C(=O)Oc2csc(C(=O)[O-])c2C)cc1. The molecule has 2 aromatic rings. The summed E-state index contributed by atoms with van der Waals surface area (Å²) in [5.41, 5.74) is 1.16. The van der Waals surface area contributed by atoms with Crippen LogP contribution in [0, 0.1) is 13.8 Å². The van der Waals surface area contributed by atoms with Crippen LogP contribution in [0.1, 0.15) is 27.7 Å². The fraction of sp³-hybridized carbons (Fsp3) is 0.250. The summed E-state index contributed by atoms with van der Waals surface area (Å²) in [7, 11) is -3.88. The molecular weight excluding hydrogens is 366 g/mol. The lowest BCUT2D eigenvalue weighted by Crippen LogP contribution is -2.40. The van der Waals surface area contributed by atoms with Crippen LogP contribution in [0.5, 0.6) is 5.75 Å². The van der Waals surface area contributed by atoms with E-state index in [9.17, 15) is 23.1 Å². The maximum absolute atomic E-state index is 12.3. The highest BCUT2D eigenvalue weighted by atomic mass is 32.2. The molecule has 0 bridgehead atoms. The van der Waals surface area contributed by atoms with E-state index >= 15 is 0 Å². The van der Waals surface area contributed by atoms with Crippen molar-refractivity contribution in [2.45, 2.75) is 31.7 Å². The number of carbonyl (C=O) groups is 2. The van der Waals surface area contributed by atoms with E-state index in [4.69, 9.17) is 4.74 Å². The first-order valence-electron chi connectivity index (χ1n) is 7.22. The maximum atomic E-state index is 12.3. The van der Waals surface area contributed by atoms with Crippen molar-refractivity contribution in [3.63, 3.8) is 0 Å². The molecule has 1 atom stereocenters. The number of carbonyl (C=O) groups excluding carboxylic acids is 2. The monoisotopic (exact) mass is 382 g/mol. The van der Waals surface area contributed by atoms with Crippen LogP contribution in [-0.2, 0) is 14.8 Å². The zero-order valence-electron chi connectivity index (χ0n) is 13.7. The molecule has 134 valence electrons. The number of aryl methyl sites for hydroxylation is 1. The lowest BCUT2D eigenvalue weighted by molar-refractivity contribution is -0.254. The van der Waals surface area contributed by atoms with Gasteiger partial charge in [-0.2, -0.15) is 4.72 Å².